The van der Waals surface area contributed by atoms with Crippen LogP contribution in [0.1, 0.15) is 18.6 Å². The van der Waals surface area contributed by atoms with Crippen molar-refractivity contribution in [2.24, 2.45) is 0 Å². The largest absolute Gasteiger partial charge is 0.353 e. The lowest BCUT2D eigenvalue weighted by atomic mass is 10.3. The van der Waals surface area contributed by atoms with Crippen LogP contribution in [0.2, 0.25) is 0 Å². The molecule has 0 aromatic carbocycles. The van der Waals surface area contributed by atoms with Crippen molar-refractivity contribution in [3.05, 3.63) is 29.4 Å². The van der Waals surface area contributed by atoms with Crippen LogP contribution in [0.5, 0.6) is 0 Å². The van der Waals surface area contributed by atoms with Crippen molar-refractivity contribution in [1.82, 2.24) is 29.6 Å². The van der Waals surface area contributed by atoms with Gasteiger partial charge in [0.25, 0.3) is 0 Å². The summed E-state index contributed by atoms with van der Waals surface area (Å²) in [6.07, 6.45) is 1.67. The van der Waals surface area contributed by atoms with Gasteiger partial charge in [-0.25, -0.2) is 9.97 Å². The Morgan fingerprint density at radius 1 is 1.12 bits per heavy atom. The molecule has 1 fully saturated rings. The summed E-state index contributed by atoms with van der Waals surface area (Å²) in [5, 5.41) is 10.6. The second-order valence-corrected chi connectivity index (χ2v) is 6.92. The Labute approximate surface area is 145 Å². The number of piperazine rings is 1. The summed E-state index contributed by atoms with van der Waals surface area (Å²) in [4.78, 5) is 13.7. The smallest absolute Gasteiger partial charge is 0.150 e. The third-order valence-electron chi connectivity index (χ3n) is 4.59. The molecule has 0 N–H and O–H groups in total. The van der Waals surface area contributed by atoms with Gasteiger partial charge >= 0.3 is 0 Å². The lowest BCUT2D eigenvalue weighted by Crippen LogP contribution is -2.46. The molecule has 0 spiro atoms. The Kier molecular flexibility index (Phi) is 4.15. The first-order valence-electron chi connectivity index (χ1n) is 8.30. The minimum absolute atomic E-state index is 0.862. The fraction of sp³-hybridized carbons (Fsp3) is 0.500. The molecule has 1 aliphatic heterocycles. The molecule has 8 heteroatoms. The fourth-order valence-electron chi connectivity index (χ4n) is 3.27. The van der Waals surface area contributed by atoms with Crippen LogP contribution in [0, 0.1) is 6.92 Å². The van der Waals surface area contributed by atoms with E-state index in [1.807, 2.05) is 6.92 Å². The van der Waals surface area contributed by atoms with Crippen LogP contribution in [0.15, 0.2) is 17.8 Å². The Morgan fingerprint density at radius 2 is 1.96 bits per heavy atom. The average molecular weight is 343 g/mol. The molecule has 0 aliphatic carbocycles. The van der Waals surface area contributed by atoms with Gasteiger partial charge in [0, 0.05) is 32.7 Å². The lowest BCUT2D eigenvalue weighted by molar-refractivity contribution is 0.240. The van der Waals surface area contributed by atoms with Crippen molar-refractivity contribution in [2.75, 3.05) is 31.1 Å². The van der Waals surface area contributed by atoms with Crippen molar-refractivity contribution in [3.63, 3.8) is 0 Å². The highest BCUT2D eigenvalue weighted by molar-refractivity contribution is 7.17. The summed E-state index contributed by atoms with van der Waals surface area (Å²) in [7, 11) is 0. The molecule has 1 aliphatic rings. The quantitative estimate of drug-likeness (QED) is 0.721. The van der Waals surface area contributed by atoms with Crippen molar-refractivity contribution in [3.8, 4) is 0 Å². The van der Waals surface area contributed by atoms with E-state index in [2.05, 4.69) is 52.9 Å². The Morgan fingerprint density at radius 3 is 2.75 bits per heavy atom. The summed E-state index contributed by atoms with van der Waals surface area (Å²) in [5.41, 5.74) is 1.04. The van der Waals surface area contributed by atoms with Crippen molar-refractivity contribution in [1.29, 1.82) is 0 Å². The van der Waals surface area contributed by atoms with E-state index >= 15 is 0 Å². The summed E-state index contributed by atoms with van der Waals surface area (Å²) in [6, 6.07) is 2.06. The first kappa shape index (κ1) is 15.5. The van der Waals surface area contributed by atoms with Gasteiger partial charge in [0.1, 0.15) is 23.8 Å². The second kappa shape index (κ2) is 6.45. The second-order valence-electron chi connectivity index (χ2n) is 6.00. The van der Waals surface area contributed by atoms with Crippen molar-refractivity contribution >= 4 is 27.4 Å². The van der Waals surface area contributed by atoms with E-state index in [0.29, 0.717) is 0 Å². The predicted molar refractivity (Wildman–Crippen MR) is 95.3 cm³/mol. The van der Waals surface area contributed by atoms with Gasteiger partial charge in [0.2, 0.25) is 0 Å². The van der Waals surface area contributed by atoms with Gasteiger partial charge in [-0.3, -0.25) is 4.90 Å². The Hall–Kier alpha value is -2.06. The normalized spacial score (nSPS) is 16.2. The number of anilines is 1. The standard InChI is InChI=1S/C16H21N7S/c1-3-23-12(2)19-20-14(23)10-21-5-7-22(8-6-21)16-15-13(4-9-24-15)17-11-18-16/h4,9,11H,3,5-8,10H2,1-2H3. The van der Waals surface area contributed by atoms with E-state index in [-0.39, 0.29) is 0 Å². The maximum Gasteiger partial charge on any atom is 0.150 e. The zero-order chi connectivity index (χ0) is 16.5. The van der Waals surface area contributed by atoms with Crippen LogP contribution in [0.25, 0.3) is 10.2 Å². The number of nitrogens with zero attached hydrogens (tertiary/aromatic N) is 7. The molecular weight excluding hydrogens is 322 g/mol. The summed E-state index contributed by atoms with van der Waals surface area (Å²) in [5.74, 6) is 3.13. The first-order chi connectivity index (χ1) is 11.8. The van der Waals surface area contributed by atoms with Crippen molar-refractivity contribution in [2.45, 2.75) is 26.9 Å². The lowest BCUT2D eigenvalue weighted by Gasteiger charge is -2.35. The monoisotopic (exact) mass is 343 g/mol. The fourth-order valence-corrected chi connectivity index (χ4v) is 4.13. The molecule has 0 saturated carbocycles. The van der Waals surface area contributed by atoms with Gasteiger partial charge in [-0.15, -0.1) is 21.5 Å². The number of hydrogen-bond acceptors (Lipinski definition) is 7. The minimum Gasteiger partial charge on any atom is -0.353 e. The van der Waals surface area contributed by atoms with Crippen LogP contribution in [-0.2, 0) is 13.1 Å². The van der Waals surface area contributed by atoms with E-state index in [1.54, 1.807) is 17.7 Å². The number of hydrogen-bond donors (Lipinski definition) is 0. The third-order valence-corrected chi connectivity index (χ3v) is 5.49. The van der Waals surface area contributed by atoms with Crippen LogP contribution < -0.4 is 4.90 Å². The molecule has 0 unspecified atom stereocenters. The highest BCUT2D eigenvalue weighted by Crippen LogP contribution is 2.28. The number of fused-ring (bicyclic) bond motifs is 1. The molecule has 0 amide bonds. The van der Waals surface area contributed by atoms with Crippen LogP contribution in [-0.4, -0.2) is 55.8 Å². The van der Waals surface area contributed by atoms with Gasteiger partial charge in [-0.2, -0.15) is 0 Å². The maximum absolute atomic E-state index is 4.52. The van der Waals surface area contributed by atoms with Gasteiger partial charge < -0.3 is 9.47 Å². The van der Waals surface area contributed by atoms with E-state index in [0.717, 1.165) is 62.3 Å². The highest BCUT2D eigenvalue weighted by Gasteiger charge is 2.22. The average Bonchev–Trinajstić information content (AvgIpc) is 3.22. The SMILES string of the molecule is CCn1c(C)nnc1CN1CCN(c2ncnc3ccsc23)CC1. The first-order valence-corrected chi connectivity index (χ1v) is 9.18. The molecule has 4 heterocycles. The Bertz CT molecular complexity index is 832. The molecule has 3 aromatic rings. The molecule has 7 nitrogen and oxygen atoms in total. The highest BCUT2D eigenvalue weighted by atomic mass is 32.1. The van der Waals surface area contributed by atoms with Gasteiger partial charge in [0.05, 0.1) is 16.8 Å². The maximum atomic E-state index is 4.52. The molecule has 0 bridgehead atoms. The minimum atomic E-state index is 0.862. The van der Waals surface area contributed by atoms with Gasteiger partial charge in [0.15, 0.2) is 0 Å². The number of aromatic nitrogens is 5. The van der Waals surface area contributed by atoms with E-state index in [1.165, 1.54) is 4.70 Å². The molecule has 0 atom stereocenters. The zero-order valence-electron chi connectivity index (χ0n) is 14.0. The Balaban J connectivity index is 1.44. The molecule has 126 valence electrons. The molecule has 24 heavy (non-hydrogen) atoms. The van der Waals surface area contributed by atoms with Gasteiger partial charge in [-0.05, 0) is 25.3 Å². The van der Waals surface area contributed by atoms with E-state index in [9.17, 15) is 0 Å². The topological polar surface area (TPSA) is 63.0 Å². The summed E-state index contributed by atoms with van der Waals surface area (Å²) >= 11 is 1.72. The third kappa shape index (κ3) is 2.76. The van der Waals surface area contributed by atoms with E-state index < -0.39 is 0 Å². The number of aryl methyl sites for hydroxylation is 1. The molecular formula is C16H21N7S. The van der Waals surface area contributed by atoms with Gasteiger partial charge in [-0.1, -0.05) is 0 Å². The summed E-state index contributed by atoms with van der Waals surface area (Å²) in [6.45, 7) is 9.90. The molecule has 4 rings (SSSR count). The van der Waals surface area contributed by atoms with E-state index in [4.69, 9.17) is 0 Å². The number of thiophene rings is 1. The summed E-state index contributed by atoms with van der Waals surface area (Å²) < 4.78 is 3.37. The molecule has 0 radical (unpaired) electrons. The molecule has 1 saturated heterocycles. The zero-order valence-corrected chi connectivity index (χ0v) is 14.8. The van der Waals surface area contributed by atoms with Crippen LogP contribution in [0.4, 0.5) is 5.82 Å². The van der Waals surface area contributed by atoms with Crippen LogP contribution in [0.3, 0.4) is 0 Å². The molecule has 3 aromatic heterocycles. The van der Waals surface area contributed by atoms with Crippen LogP contribution >= 0.6 is 11.3 Å². The predicted octanol–water partition coefficient (Wildman–Crippen LogP) is 1.93. The number of rotatable bonds is 4. The van der Waals surface area contributed by atoms with Crippen molar-refractivity contribution < 1.29 is 0 Å².